The van der Waals surface area contributed by atoms with Crippen molar-refractivity contribution in [3.63, 3.8) is 0 Å². The van der Waals surface area contributed by atoms with Gasteiger partial charge in [0.2, 0.25) is 5.91 Å². The molecule has 1 N–H and O–H groups in total. The Kier molecular flexibility index (Phi) is 5.98. The molecule has 3 heterocycles. The molecule has 0 atom stereocenters. The number of amides is 1. The van der Waals surface area contributed by atoms with Crippen LogP contribution in [0, 0.1) is 18.6 Å². The van der Waals surface area contributed by atoms with Crippen LogP contribution in [-0.2, 0) is 17.8 Å². The van der Waals surface area contributed by atoms with Gasteiger partial charge in [0.25, 0.3) is 0 Å². The second kappa shape index (κ2) is 8.98. The van der Waals surface area contributed by atoms with E-state index in [2.05, 4.69) is 4.98 Å². The highest BCUT2D eigenvalue weighted by atomic mass is 35.5. The van der Waals surface area contributed by atoms with Gasteiger partial charge < -0.3 is 14.6 Å². The molecule has 1 aliphatic rings. The molecule has 0 aliphatic carbocycles. The maximum Gasteiger partial charge on any atom is 0.338 e. The van der Waals surface area contributed by atoms with Crippen molar-refractivity contribution < 1.29 is 23.5 Å². The lowest BCUT2D eigenvalue weighted by Gasteiger charge is -2.18. The SMILES string of the molecule is Cc1c(Sc2cccc(C(=O)O)c2F)c2ccc(Cl)c(F)c2n1CC(=O)N1CCc2ccncc21. The molecule has 10 heteroatoms. The van der Waals surface area contributed by atoms with E-state index in [1.165, 1.54) is 28.8 Å². The average molecular weight is 514 g/mol. The van der Waals surface area contributed by atoms with E-state index in [4.69, 9.17) is 11.6 Å². The lowest BCUT2D eigenvalue weighted by Crippen LogP contribution is -2.32. The monoisotopic (exact) mass is 513 g/mol. The third kappa shape index (κ3) is 3.94. The number of carbonyl (C=O) groups excluding carboxylic acids is 1. The smallest absolute Gasteiger partial charge is 0.338 e. The summed E-state index contributed by atoms with van der Waals surface area (Å²) < 4.78 is 31.7. The summed E-state index contributed by atoms with van der Waals surface area (Å²) in [6, 6.07) is 8.97. The van der Waals surface area contributed by atoms with Crippen LogP contribution in [0.1, 0.15) is 21.6 Å². The number of carbonyl (C=O) groups is 2. The Hall–Kier alpha value is -3.43. The molecule has 1 amide bonds. The van der Waals surface area contributed by atoms with Gasteiger partial charge in [-0.2, -0.15) is 0 Å². The van der Waals surface area contributed by atoms with Crippen molar-refractivity contribution >= 4 is 51.8 Å². The van der Waals surface area contributed by atoms with Gasteiger partial charge in [0.05, 0.1) is 28.0 Å². The fraction of sp³-hybridized carbons (Fsp3) is 0.160. The van der Waals surface area contributed by atoms with Crippen LogP contribution in [0.4, 0.5) is 14.5 Å². The summed E-state index contributed by atoms with van der Waals surface area (Å²) >= 11 is 7.05. The molecule has 0 fully saturated rings. The minimum absolute atomic E-state index is 0.0771. The third-order valence-corrected chi connectivity index (χ3v) is 7.65. The molecule has 35 heavy (non-hydrogen) atoms. The zero-order valence-electron chi connectivity index (χ0n) is 18.4. The fourth-order valence-electron chi connectivity index (χ4n) is 4.37. The van der Waals surface area contributed by atoms with E-state index in [0.717, 1.165) is 23.0 Å². The molecule has 0 bridgehead atoms. The van der Waals surface area contributed by atoms with E-state index >= 15 is 4.39 Å². The summed E-state index contributed by atoms with van der Waals surface area (Å²) in [5.74, 6) is -3.19. The summed E-state index contributed by atoms with van der Waals surface area (Å²) in [5.41, 5.74) is 1.95. The van der Waals surface area contributed by atoms with Gasteiger partial charge in [-0.3, -0.25) is 9.78 Å². The van der Waals surface area contributed by atoms with Crippen molar-refractivity contribution in [1.29, 1.82) is 0 Å². The first-order valence-electron chi connectivity index (χ1n) is 10.7. The van der Waals surface area contributed by atoms with Crippen LogP contribution in [0.2, 0.25) is 5.02 Å². The molecule has 0 radical (unpaired) electrons. The first kappa shape index (κ1) is 23.3. The predicted octanol–water partition coefficient (Wildman–Crippen LogP) is 5.72. The number of benzene rings is 2. The van der Waals surface area contributed by atoms with Crippen LogP contribution in [0.15, 0.2) is 58.6 Å². The standard InChI is InChI=1S/C25H18ClF2N3O3S/c1-13-24(35-19-4-2-3-15(21(19)27)25(33)34)16-5-6-17(26)22(28)23(16)31(13)12-20(32)30-10-8-14-7-9-29-11-18(14)30/h2-7,9,11H,8,10,12H2,1H3,(H,33,34). The number of pyridine rings is 1. The highest BCUT2D eigenvalue weighted by Gasteiger charge is 2.28. The zero-order chi connectivity index (χ0) is 24.9. The summed E-state index contributed by atoms with van der Waals surface area (Å²) in [7, 11) is 0. The summed E-state index contributed by atoms with van der Waals surface area (Å²) in [6.07, 6.45) is 4.02. The molecular weight excluding hydrogens is 496 g/mol. The Balaban J connectivity index is 1.59. The minimum Gasteiger partial charge on any atom is -0.478 e. The van der Waals surface area contributed by atoms with E-state index in [-0.39, 0.29) is 27.9 Å². The van der Waals surface area contributed by atoms with Gasteiger partial charge in [-0.1, -0.05) is 29.4 Å². The van der Waals surface area contributed by atoms with Crippen molar-refractivity contribution in [2.24, 2.45) is 0 Å². The van der Waals surface area contributed by atoms with Crippen molar-refractivity contribution in [3.8, 4) is 0 Å². The van der Waals surface area contributed by atoms with Crippen LogP contribution >= 0.6 is 23.4 Å². The molecule has 1 aliphatic heterocycles. The fourth-order valence-corrected chi connectivity index (χ4v) is 5.62. The molecule has 6 nitrogen and oxygen atoms in total. The van der Waals surface area contributed by atoms with Gasteiger partial charge in [-0.25, -0.2) is 13.6 Å². The van der Waals surface area contributed by atoms with Crippen molar-refractivity contribution in [1.82, 2.24) is 9.55 Å². The maximum absolute atomic E-state index is 15.3. The van der Waals surface area contributed by atoms with Gasteiger partial charge in [0.1, 0.15) is 6.54 Å². The maximum atomic E-state index is 15.3. The topological polar surface area (TPSA) is 75.4 Å². The number of hydrogen-bond acceptors (Lipinski definition) is 4. The van der Waals surface area contributed by atoms with Gasteiger partial charge in [-0.05, 0) is 49.2 Å². The van der Waals surface area contributed by atoms with Gasteiger partial charge in [-0.15, -0.1) is 0 Å². The number of hydrogen-bond donors (Lipinski definition) is 1. The Morgan fingerprint density at radius 3 is 2.74 bits per heavy atom. The summed E-state index contributed by atoms with van der Waals surface area (Å²) in [4.78, 5) is 31.0. The normalized spacial score (nSPS) is 12.9. The Morgan fingerprint density at radius 2 is 1.97 bits per heavy atom. The Bertz CT molecular complexity index is 1520. The van der Waals surface area contributed by atoms with Gasteiger partial charge in [0, 0.05) is 33.6 Å². The number of rotatable bonds is 5. The molecule has 2 aromatic heterocycles. The van der Waals surface area contributed by atoms with Crippen LogP contribution in [0.25, 0.3) is 10.9 Å². The van der Waals surface area contributed by atoms with Gasteiger partial charge in [0.15, 0.2) is 11.6 Å². The number of carboxylic acids is 1. The van der Waals surface area contributed by atoms with Gasteiger partial charge >= 0.3 is 5.97 Å². The molecule has 5 rings (SSSR count). The number of aromatic nitrogens is 2. The first-order valence-corrected chi connectivity index (χ1v) is 11.9. The first-order chi connectivity index (χ1) is 16.8. The Labute approximate surface area is 208 Å². The summed E-state index contributed by atoms with van der Waals surface area (Å²) in [6.45, 7) is 2.05. The molecule has 4 aromatic rings. The molecule has 2 aromatic carbocycles. The number of anilines is 1. The number of carboxylic acid groups (broad SMARTS) is 1. The zero-order valence-corrected chi connectivity index (χ0v) is 20.0. The summed E-state index contributed by atoms with van der Waals surface area (Å²) in [5, 5.41) is 9.61. The highest BCUT2D eigenvalue weighted by Crippen LogP contribution is 2.42. The van der Waals surface area contributed by atoms with E-state index in [1.54, 1.807) is 30.3 Å². The molecular formula is C25H18ClF2N3O3S. The lowest BCUT2D eigenvalue weighted by molar-refractivity contribution is -0.119. The van der Waals surface area contributed by atoms with E-state index in [1.807, 2.05) is 6.07 Å². The van der Waals surface area contributed by atoms with Crippen molar-refractivity contribution in [2.45, 2.75) is 29.7 Å². The second-order valence-corrected chi connectivity index (χ2v) is 9.54. The predicted molar refractivity (Wildman–Crippen MR) is 129 cm³/mol. The van der Waals surface area contributed by atoms with Crippen LogP contribution < -0.4 is 4.90 Å². The van der Waals surface area contributed by atoms with Crippen LogP contribution in [0.3, 0.4) is 0 Å². The molecule has 178 valence electrons. The highest BCUT2D eigenvalue weighted by molar-refractivity contribution is 7.99. The molecule has 0 spiro atoms. The lowest BCUT2D eigenvalue weighted by atomic mass is 10.2. The van der Waals surface area contributed by atoms with E-state index in [9.17, 15) is 19.1 Å². The number of fused-ring (bicyclic) bond motifs is 2. The molecule has 0 unspecified atom stereocenters. The van der Waals surface area contributed by atoms with Crippen molar-refractivity contribution in [3.05, 3.63) is 82.3 Å². The van der Waals surface area contributed by atoms with Crippen LogP contribution in [0.5, 0.6) is 0 Å². The number of nitrogens with zero attached hydrogens (tertiary/aromatic N) is 3. The quantitative estimate of drug-likeness (QED) is 0.369. The largest absolute Gasteiger partial charge is 0.478 e. The Morgan fingerprint density at radius 1 is 1.17 bits per heavy atom. The van der Waals surface area contributed by atoms with Crippen molar-refractivity contribution in [2.75, 3.05) is 11.4 Å². The number of aromatic carboxylic acids is 1. The number of halogens is 3. The average Bonchev–Trinajstić information content (AvgIpc) is 3.38. The van der Waals surface area contributed by atoms with E-state index in [0.29, 0.717) is 28.9 Å². The minimum atomic E-state index is -1.38. The third-order valence-electron chi connectivity index (χ3n) is 6.10. The van der Waals surface area contributed by atoms with E-state index < -0.39 is 23.2 Å². The molecule has 0 saturated carbocycles. The molecule has 0 saturated heterocycles. The second-order valence-electron chi connectivity index (χ2n) is 8.08. The van der Waals surface area contributed by atoms with Crippen LogP contribution in [-0.4, -0.2) is 33.1 Å².